The molecule has 0 radical (unpaired) electrons. The molecule has 0 saturated heterocycles. The molecule has 0 bridgehead atoms. The molecule has 100 valence electrons. The second-order valence-electron chi connectivity index (χ2n) is 3.94. The number of carbonyl (C=O) groups is 1. The molecule has 19 heavy (non-hydrogen) atoms. The lowest BCUT2D eigenvalue weighted by Gasteiger charge is -2.05. The Morgan fingerprint density at radius 2 is 2.32 bits per heavy atom. The zero-order chi connectivity index (χ0) is 13.8. The lowest BCUT2D eigenvalue weighted by Crippen LogP contribution is -2.03. The molecule has 0 spiro atoms. The van der Waals surface area contributed by atoms with Crippen LogP contribution in [0.1, 0.15) is 22.8 Å². The highest BCUT2D eigenvalue weighted by Gasteiger charge is 2.11. The molecule has 0 saturated carbocycles. The van der Waals surface area contributed by atoms with E-state index in [0.717, 1.165) is 12.6 Å². The number of hydrogen-bond acceptors (Lipinski definition) is 3. The first-order valence-electron chi connectivity index (χ1n) is 5.77. The van der Waals surface area contributed by atoms with E-state index in [0.29, 0.717) is 11.3 Å². The van der Waals surface area contributed by atoms with Gasteiger partial charge in [0.25, 0.3) is 0 Å². The fraction of sp³-hybridized carbons (Fsp3) is 0.231. The van der Waals surface area contributed by atoms with Crippen molar-refractivity contribution in [2.45, 2.75) is 20.1 Å². The summed E-state index contributed by atoms with van der Waals surface area (Å²) in [5.74, 6) is -1.46. The Bertz CT molecular complexity index is 595. The van der Waals surface area contributed by atoms with Crippen LogP contribution in [-0.4, -0.2) is 20.9 Å². The van der Waals surface area contributed by atoms with Crippen LogP contribution in [0.15, 0.2) is 30.6 Å². The summed E-state index contributed by atoms with van der Waals surface area (Å²) < 4.78 is 20.4. The molecule has 1 heterocycles. The molecule has 6 heteroatoms. The van der Waals surface area contributed by atoms with Gasteiger partial charge in [-0.3, -0.25) is 4.68 Å². The van der Waals surface area contributed by atoms with Crippen molar-refractivity contribution in [1.29, 1.82) is 0 Å². The molecule has 0 aliphatic heterocycles. The number of halogens is 1. The molecule has 0 atom stereocenters. The Kier molecular flexibility index (Phi) is 3.79. The summed E-state index contributed by atoms with van der Waals surface area (Å²) in [6.45, 7) is 2.86. The van der Waals surface area contributed by atoms with Crippen LogP contribution < -0.4 is 4.74 Å². The molecule has 2 aromatic rings. The second-order valence-corrected chi connectivity index (χ2v) is 3.94. The number of aryl methyl sites for hydroxylation is 1. The number of aromatic carboxylic acids is 1. The molecule has 1 aromatic heterocycles. The van der Waals surface area contributed by atoms with Crippen LogP contribution in [0.5, 0.6) is 5.75 Å². The Balaban J connectivity index is 2.07. The maximum atomic E-state index is 13.2. The largest absolute Gasteiger partial charge is 0.486 e. The van der Waals surface area contributed by atoms with E-state index in [9.17, 15) is 9.18 Å². The van der Waals surface area contributed by atoms with Crippen molar-refractivity contribution in [1.82, 2.24) is 9.78 Å². The minimum absolute atomic E-state index is 0.163. The minimum Gasteiger partial charge on any atom is -0.486 e. The van der Waals surface area contributed by atoms with E-state index in [4.69, 9.17) is 9.84 Å². The number of hydrogen-bond donors (Lipinski definition) is 1. The Hall–Kier alpha value is -2.37. The third-order valence-corrected chi connectivity index (χ3v) is 2.60. The second kappa shape index (κ2) is 5.51. The number of nitrogens with zero attached hydrogens (tertiary/aromatic N) is 2. The SMILES string of the molecule is CCn1cc(OCc2ccc(F)c(C(=O)O)c2)cn1. The summed E-state index contributed by atoms with van der Waals surface area (Å²) in [7, 11) is 0. The Morgan fingerprint density at radius 1 is 1.53 bits per heavy atom. The number of carboxylic acid groups (broad SMARTS) is 1. The standard InChI is InChI=1S/C13H13FN2O3/c1-2-16-7-10(6-15-16)19-8-9-3-4-12(14)11(5-9)13(17)18/h3-7H,2,8H2,1H3,(H,17,18). The average Bonchev–Trinajstić information content (AvgIpc) is 2.85. The fourth-order valence-electron chi connectivity index (χ4n) is 1.58. The average molecular weight is 264 g/mol. The predicted octanol–water partition coefficient (Wildman–Crippen LogP) is 2.32. The van der Waals surface area contributed by atoms with Gasteiger partial charge in [-0.2, -0.15) is 5.10 Å². The molecule has 0 aliphatic rings. The van der Waals surface area contributed by atoms with Crippen LogP contribution in [0.25, 0.3) is 0 Å². The van der Waals surface area contributed by atoms with E-state index in [1.54, 1.807) is 17.1 Å². The van der Waals surface area contributed by atoms with E-state index in [-0.39, 0.29) is 12.2 Å². The number of ether oxygens (including phenoxy) is 1. The van der Waals surface area contributed by atoms with Gasteiger partial charge in [-0.25, -0.2) is 9.18 Å². The number of benzene rings is 1. The molecule has 0 amide bonds. The number of carboxylic acids is 1. The van der Waals surface area contributed by atoms with Crippen molar-refractivity contribution in [2.75, 3.05) is 0 Å². The molecule has 0 fully saturated rings. The van der Waals surface area contributed by atoms with Crippen LogP contribution >= 0.6 is 0 Å². The summed E-state index contributed by atoms with van der Waals surface area (Å²) in [6, 6.07) is 3.88. The van der Waals surface area contributed by atoms with Crippen molar-refractivity contribution >= 4 is 5.97 Å². The highest BCUT2D eigenvalue weighted by molar-refractivity contribution is 5.88. The summed E-state index contributed by atoms with van der Waals surface area (Å²) >= 11 is 0. The zero-order valence-corrected chi connectivity index (χ0v) is 10.3. The lowest BCUT2D eigenvalue weighted by atomic mass is 10.1. The van der Waals surface area contributed by atoms with Crippen LogP contribution in [0.4, 0.5) is 4.39 Å². The maximum Gasteiger partial charge on any atom is 0.338 e. The molecule has 5 nitrogen and oxygen atoms in total. The molecule has 0 aliphatic carbocycles. The van der Waals surface area contributed by atoms with Gasteiger partial charge in [0.2, 0.25) is 0 Å². The highest BCUT2D eigenvalue weighted by atomic mass is 19.1. The van der Waals surface area contributed by atoms with Crippen molar-refractivity contribution < 1.29 is 19.0 Å². The van der Waals surface area contributed by atoms with Gasteiger partial charge in [-0.05, 0) is 24.6 Å². The fourth-order valence-corrected chi connectivity index (χ4v) is 1.58. The van der Waals surface area contributed by atoms with Gasteiger partial charge in [-0.15, -0.1) is 0 Å². The predicted molar refractivity (Wildman–Crippen MR) is 65.6 cm³/mol. The van der Waals surface area contributed by atoms with Gasteiger partial charge in [0.1, 0.15) is 12.4 Å². The minimum atomic E-state index is -1.29. The van der Waals surface area contributed by atoms with Crippen LogP contribution in [-0.2, 0) is 13.2 Å². The lowest BCUT2D eigenvalue weighted by molar-refractivity contribution is 0.0691. The zero-order valence-electron chi connectivity index (χ0n) is 10.3. The first-order valence-corrected chi connectivity index (χ1v) is 5.77. The normalized spacial score (nSPS) is 10.4. The molecule has 2 rings (SSSR count). The summed E-state index contributed by atoms with van der Waals surface area (Å²) in [6.07, 6.45) is 3.31. The van der Waals surface area contributed by atoms with Crippen molar-refractivity contribution in [2.24, 2.45) is 0 Å². The summed E-state index contributed by atoms with van der Waals surface area (Å²) in [5.41, 5.74) is 0.230. The third kappa shape index (κ3) is 3.09. The monoisotopic (exact) mass is 264 g/mol. The van der Waals surface area contributed by atoms with Crippen molar-refractivity contribution in [3.63, 3.8) is 0 Å². The summed E-state index contributed by atoms with van der Waals surface area (Å²) in [5, 5.41) is 12.9. The van der Waals surface area contributed by atoms with E-state index in [2.05, 4.69) is 5.10 Å². The Morgan fingerprint density at radius 3 is 2.95 bits per heavy atom. The van der Waals surface area contributed by atoms with Crippen LogP contribution in [0, 0.1) is 5.82 Å². The molecule has 1 N–H and O–H groups in total. The molecular formula is C13H13FN2O3. The third-order valence-electron chi connectivity index (χ3n) is 2.60. The van der Waals surface area contributed by atoms with E-state index < -0.39 is 11.8 Å². The van der Waals surface area contributed by atoms with E-state index in [1.807, 2.05) is 6.92 Å². The number of rotatable bonds is 5. The Labute approximate surface area is 109 Å². The van der Waals surface area contributed by atoms with Crippen LogP contribution in [0.3, 0.4) is 0 Å². The van der Waals surface area contributed by atoms with Gasteiger partial charge in [0, 0.05) is 6.54 Å². The maximum absolute atomic E-state index is 13.2. The quantitative estimate of drug-likeness (QED) is 0.900. The van der Waals surface area contributed by atoms with E-state index >= 15 is 0 Å². The van der Waals surface area contributed by atoms with Crippen molar-refractivity contribution in [3.05, 3.63) is 47.5 Å². The summed E-state index contributed by atoms with van der Waals surface area (Å²) in [4.78, 5) is 10.8. The smallest absolute Gasteiger partial charge is 0.338 e. The van der Waals surface area contributed by atoms with Crippen molar-refractivity contribution in [3.8, 4) is 5.75 Å². The topological polar surface area (TPSA) is 64.3 Å². The van der Waals surface area contributed by atoms with Gasteiger partial charge in [0.15, 0.2) is 5.75 Å². The molecular weight excluding hydrogens is 251 g/mol. The van der Waals surface area contributed by atoms with Gasteiger partial charge >= 0.3 is 5.97 Å². The first kappa shape index (κ1) is 13.1. The molecule has 0 unspecified atom stereocenters. The van der Waals surface area contributed by atoms with Gasteiger partial charge < -0.3 is 9.84 Å². The first-order chi connectivity index (χ1) is 9.10. The van der Waals surface area contributed by atoms with Gasteiger partial charge in [-0.1, -0.05) is 6.07 Å². The number of aromatic nitrogens is 2. The highest BCUT2D eigenvalue weighted by Crippen LogP contribution is 2.14. The molecule has 1 aromatic carbocycles. The van der Waals surface area contributed by atoms with Crippen LogP contribution in [0.2, 0.25) is 0 Å². The van der Waals surface area contributed by atoms with Gasteiger partial charge in [0.05, 0.1) is 18.0 Å². The van der Waals surface area contributed by atoms with E-state index in [1.165, 1.54) is 12.1 Å².